The van der Waals surface area contributed by atoms with Crippen molar-refractivity contribution in [2.45, 2.75) is 0 Å². The third kappa shape index (κ3) is 3.79. The number of rotatable bonds is 5. The highest BCUT2D eigenvalue weighted by Crippen LogP contribution is 2.24. The van der Waals surface area contributed by atoms with E-state index >= 15 is 0 Å². The molecule has 5 heteroatoms. The van der Waals surface area contributed by atoms with Crippen LogP contribution >= 0.6 is 0 Å². The van der Waals surface area contributed by atoms with E-state index in [4.69, 9.17) is 0 Å². The zero-order chi connectivity index (χ0) is 19.5. The number of ketones is 1. The second-order valence-corrected chi connectivity index (χ2v) is 6.38. The Morgan fingerprint density at radius 1 is 0.714 bits per heavy atom. The lowest BCUT2D eigenvalue weighted by molar-refractivity contribution is 0.104. The molecule has 0 unspecified atom stereocenters. The third-order valence-corrected chi connectivity index (χ3v) is 4.55. The molecular formula is C23H15BF2O2. The second kappa shape index (κ2) is 7.65. The summed E-state index contributed by atoms with van der Waals surface area (Å²) in [5.41, 5.74) is 0.836. The lowest BCUT2D eigenvalue weighted by Gasteiger charge is -2.10. The first kappa shape index (κ1) is 17.9. The molecule has 0 aromatic heterocycles. The largest absolute Gasteiger partial charge is 0.796 e. The van der Waals surface area contributed by atoms with Gasteiger partial charge in [-0.25, -0.2) is 8.63 Å². The maximum absolute atomic E-state index is 13.0. The molecule has 4 aromatic rings. The normalized spacial score (nSPS) is 11.6. The molecule has 0 aliphatic rings. The molecule has 0 saturated heterocycles. The van der Waals surface area contributed by atoms with Gasteiger partial charge in [0.15, 0.2) is 5.78 Å². The topological polar surface area (TPSA) is 26.3 Å². The van der Waals surface area contributed by atoms with Crippen molar-refractivity contribution < 1.29 is 18.1 Å². The summed E-state index contributed by atoms with van der Waals surface area (Å²) in [6.45, 7) is 0. The van der Waals surface area contributed by atoms with Gasteiger partial charge in [0.1, 0.15) is 5.76 Å². The van der Waals surface area contributed by atoms with Gasteiger partial charge in [-0.05, 0) is 33.7 Å². The number of halogens is 2. The fourth-order valence-electron chi connectivity index (χ4n) is 3.17. The molecule has 4 aromatic carbocycles. The van der Waals surface area contributed by atoms with E-state index in [1.807, 2.05) is 60.7 Å². The second-order valence-electron chi connectivity index (χ2n) is 6.38. The van der Waals surface area contributed by atoms with Gasteiger partial charge in [-0.3, -0.25) is 4.79 Å². The van der Waals surface area contributed by atoms with E-state index in [0.29, 0.717) is 11.1 Å². The zero-order valence-corrected chi connectivity index (χ0v) is 14.8. The third-order valence-electron chi connectivity index (χ3n) is 4.55. The molecule has 136 valence electrons. The number of benzene rings is 4. The molecule has 0 aliphatic carbocycles. The molecule has 0 N–H and O–H groups in total. The molecular weight excluding hydrogens is 357 g/mol. The standard InChI is InChI=1S/C23H15BF2O2/c25-24(26)28-23(21-12-10-17-6-2-4-8-19(17)14-21)15-22(27)20-11-9-16-5-1-3-7-18(16)13-20/h1-15H/b23-15-. The van der Waals surface area contributed by atoms with Gasteiger partial charge >= 0.3 is 7.47 Å². The van der Waals surface area contributed by atoms with Crippen molar-refractivity contribution in [1.82, 2.24) is 0 Å². The molecule has 0 spiro atoms. The molecule has 0 aliphatic heterocycles. The molecule has 0 amide bonds. The summed E-state index contributed by atoms with van der Waals surface area (Å²) in [5, 5.41) is 3.76. The Hall–Kier alpha value is -3.47. The summed E-state index contributed by atoms with van der Waals surface area (Å²) in [5.74, 6) is -0.548. The number of carbonyl (C=O) groups excluding carboxylic acids is 1. The van der Waals surface area contributed by atoms with Gasteiger partial charge in [0, 0.05) is 17.2 Å². The molecule has 2 nitrogen and oxygen atoms in total. The van der Waals surface area contributed by atoms with E-state index in [0.717, 1.165) is 27.6 Å². The predicted octanol–water partition coefficient (Wildman–Crippen LogP) is 6.16. The first-order valence-electron chi connectivity index (χ1n) is 8.79. The Morgan fingerprint density at radius 2 is 1.21 bits per heavy atom. The fraction of sp³-hybridized carbons (Fsp3) is 0. The average Bonchev–Trinajstić information content (AvgIpc) is 2.72. The van der Waals surface area contributed by atoms with Crippen molar-refractivity contribution in [3.05, 3.63) is 102 Å². The Balaban J connectivity index is 1.74. The first-order valence-corrected chi connectivity index (χ1v) is 8.79. The highest BCUT2D eigenvalue weighted by molar-refractivity contribution is 6.36. The van der Waals surface area contributed by atoms with Crippen LogP contribution in [0.25, 0.3) is 27.3 Å². The van der Waals surface area contributed by atoms with Crippen molar-refractivity contribution >= 4 is 40.6 Å². The van der Waals surface area contributed by atoms with Gasteiger partial charge in [0.2, 0.25) is 0 Å². The maximum Gasteiger partial charge on any atom is 0.796 e. The van der Waals surface area contributed by atoms with Crippen LogP contribution in [0.4, 0.5) is 8.63 Å². The van der Waals surface area contributed by atoms with E-state index in [1.165, 1.54) is 0 Å². The van der Waals surface area contributed by atoms with Gasteiger partial charge in [-0.15, -0.1) is 0 Å². The van der Waals surface area contributed by atoms with Crippen molar-refractivity contribution in [1.29, 1.82) is 0 Å². The number of fused-ring (bicyclic) bond motifs is 2. The van der Waals surface area contributed by atoms with Gasteiger partial charge in [-0.1, -0.05) is 72.8 Å². The predicted molar refractivity (Wildman–Crippen MR) is 109 cm³/mol. The highest BCUT2D eigenvalue weighted by Gasteiger charge is 2.21. The molecule has 0 heterocycles. The van der Waals surface area contributed by atoms with Crippen LogP contribution in [0.2, 0.25) is 0 Å². The summed E-state index contributed by atoms with van der Waals surface area (Å²) in [4.78, 5) is 12.7. The molecule has 0 saturated carbocycles. The van der Waals surface area contributed by atoms with Crippen molar-refractivity contribution in [3.63, 3.8) is 0 Å². The molecule has 28 heavy (non-hydrogen) atoms. The van der Waals surface area contributed by atoms with E-state index < -0.39 is 13.3 Å². The number of carbonyl (C=O) groups is 1. The van der Waals surface area contributed by atoms with Crippen LogP contribution in [0.5, 0.6) is 0 Å². The number of hydrogen-bond donors (Lipinski definition) is 0. The van der Waals surface area contributed by atoms with E-state index in [-0.39, 0.29) is 5.76 Å². The van der Waals surface area contributed by atoms with E-state index in [2.05, 4.69) is 4.65 Å². The lowest BCUT2D eigenvalue weighted by atomic mass is 10.0. The van der Waals surface area contributed by atoms with Crippen molar-refractivity contribution in [3.8, 4) is 0 Å². The summed E-state index contributed by atoms with van der Waals surface area (Å²) < 4.78 is 30.6. The monoisotopic (exact) mass is 372 g/mol. The van der Waals surface area contributed by atoms with Crippen LogP contribution in [0.3, 0.4) is 0 Å². The molecule has 0 radical (unpaired) electrons. The number of hydrogen-bond acceptors (Lipinski definition) is 2. The Morgan fingerprint density at radius 3 is 1.79 bits per heavy atom. The molecule has 4 rings (SSSR count). The van der Waals surface area contributed by atoms with Crippen LogP contribution in [0.15, 0.2) is 91.0 Å². The van der Waals surface area contributed by atoms with Gasteiger partial charge in [0.25, 0.3) is 0 Å². The lowest BCUT2D eigenvalue weighted by Crippen LogP contribution is -2.06. The first-order chi connectivity index (χ1) is 13.6. The SMILES string of the molecule is O=C(/C=C(\OB(F)F)c1ccc2ccccc2c1)c1ccc2ccccc2c1. The van der Waals surface area contributed by atoms with Crippen LogP contribution in [-0.2, 0) is 4.65 Å². The average molecular weight is 372 g/mol. The minimum absolute atomic E-state index is 0.154. The minimum atomic E-state index is -3.03. The summed E-state index contributed by atoms with van der Waals surface area (Å²) in [7, 11) is -3.03. The van der Waals surface area contributed by atoms with Gasteiger partial charge < -0.3 is 4.65 Å². The molecule has 0 bridgehead atoms. The Kier molecular flexibility index (Phi) is 4.89. The smallest absolute Gasteiger partial charge is 0.505 e. The van der Waals surface area contributed by atoms with Crippen LogP contribution in [0, 0.1) is 0 Å². The maximum atomic E-state index is 13.0. The van der Waals surface area contributed by atoms with E-state index in [9.17, 15) is 13.4 Å². The van der Waals surface area contributed by atoms with E-state index in [1.54, 1.807) is 24.3 Å². The molecule has 0 atom stereocenters. The Labute approximate surface area is 161 Å². The van der Waals surface area contributed by atoms with Crippen LogP contribution in [-0.4, -0.2) is 13.3 Å². The molecule has 0 fully saturated rings. The van der Waals surface area contributed by atoms with Crippen LogP contribution in [0.1, 0.15) is 15.9 Å². The fourth-order valence-corrected chi connectivity index (χ4v) is 3.17. The van der Waals surface area contributed by atoms with Crippen LogP contribution < -0.4 is 0 Å². The summed E-state index contributed by atoms with van der Waals surface area (Å²) in [6.07, 6.45) is 1.13. The van der Waals surface area contributed by atoms with Gasteiger partial charge in [0.05, 0.1) is 0 Å². The summed E-state index contributed by atoms with van der Waals surface area (Å²) in [6, 6.07) is 25.7. The number of allylic oxidation sites excluding steroid dienone is 1. The quantitative estimate of drug-likeness (QED) is 0.182. The Bertz CT molecular complexity index is 1200. The summed E-state index contributed by atoms with van der Waals surface area (Å²) >= 11 is 0. The van der Waals surface area contributed by atoms with Gasteiger partial charge in [-0.2, -0.15) is 0 Å². The van der Waals surface area contributed by atoms with Crippen molar-refractivity contribution in [2.24, 2.45) is 0 Å². The highest BCUT2D eigenvalue weighted by atomic mass is 19.2. The zero-order valence-electron chi connectivity index (χ0n) is 14.8. The van der Waals surface area contributed by atoms with Crippen molar-refractivity contribution in [2.75, 3.05) is 0 Å². The minimum Gasteiger partial charge on any atom is -0.505 e.